The van der Waals surface area contributed by atoms with Gasteiger partial charge in [0.15, 0.2) is 0 Å². The molecule has 33 heavy (non-hydrogen) atoms. The quantitative estimate of drug-likeness (QED) is 0.560. The van der Waals surface area contributed by atoms with E-state index in [2.05, 4.69) is 11.1 Å². The number of carbonyl (C=O) groups is 2. The second-order valence-corrected chi connectivity index (χ2v) is 8.26. The molecule has 1 fully saturated rings. The minimum absolute atomic E-state index is 0.0180. The average Bonchev–Trinajstić information content (AvgIpc) is 2.84. The van der Waals surface area contributed by atoms with Crippen molar-refractivity contribution in [2.24, 2.45) is 0 Å². The van der Waals surface area contributed by atoms with E-state index in [1.54, 1.807) is 29.2 Å². The molecular weight excluding hydrogens is 414 g/mol. The predicted molar refractivity (Wildman–Crippen MR) is 128 cm³/mol. The lowest BCUT2D eigenvalue weighted by Crippen LogP contribution is -2.58. The van der Waals surface area contributed by atoms with Crippen molar-refractivity contribution in [3.05, 3.63) is 84.2 Å². The molecule has 0 bridgehead atoms. The van der Waals surface area contributed by atoms with Gasteiger partial charge in [-0.3, -0.25) is 14.6 Å². The smallest absolute Gasteiger partial charge is 0.245 e. The van der Waals surface area contributed by atoms with Gasteiger partial charge in [0.1, 0.15) is 11.8 Å². The normalized spacial score (nSPS) is 16.1. The van der Waals surface area contributed by atoms with Gasteiger partial charge in [0.05, 0.1) is 13.0 Å². The summed E-state index contributed by atoms with van der Waals surface area (Å²) in [5.41, 5.74) is 4.08. The molecule has 0 aliphatic carbocycles. The highest BCUT2D eigenvalue weighted by atomic mass is 16.5. The minimum atomic E-state index is -0.508. The standard InChI is InChI=1S/C27H29N3O3/c1-3-33-24-9-7-20(8-10-24)19-26(31)30-16-15-29(2)27(32)25(30)18-21-5-4-6-23(17-21)22-11-13-28-14-12-22/h4-14,17,25H,3,15-16,18-19H2,1-2H3/t25-/m0/s1. The number of benzene rings is 2. The lowest BCUT2D eigenvalue weighted by molar-refractivity contribution is -0.149. The summed E-state index contributed by atoms with van der Waals surface area (Å²) in [6.45, 7) is 3.62. The third-order valence-electron chi connectivity index (χ3n) is 5.99. The van der Waals surface area contributed by atoms with Crippen LogP contribution in [0.5, 0.6) is 5.75 Å². The lowest BCUT2D eigenvalue weighted by Gasteiger charge is -2.39. The fourth-order valence-electron chi connectivity index (χ4n) is 4.20. The van der Waals surface area contributed by atoms with Gasteiger partial charge in [-0.05, 0) is 53.4 Å². The third kappa shape index (κ3) is 5.40. The number of nitrogens with zero attached hydrogens (tertiary/aromatic N) is 3. The number of hydrogen-bond donors (Lipinski definition) is 0. The van der Waals surface area contributed by atoms with Crippen molar-refractivity contribution in [1.82, 2.24) is 14.8 Å². The van der Waals surface area contributed by atoms with Gasteiger partial charge in [0.2, 0.25) is 11.8 Å². The SMILES string of the molecule is CCOc1ccc(CC(=O)N2CCN(C)C(=O)[C@@H]2Cc2cccc(-c3ccncc3)c2)cc1. The van der Waals surface area contributed by atoms with E-state index in [9.17, 15) is 9.59 Å². The molecule has 4 rings (SSSR count). The van der Waals surface area contributed by atoms with Crippen LogP contribution in [0.4, 0.5) is 0 Å². The van der Waals surface area contributed by atoms with Crippen LogP contribution in [0.1, 0.15) is 18.1 Å². The largest absolute Gasteiger partial charge is 0.494 e. The molecule has 0 saturated carbocycles. The molecule has 0 N–H and O–H groups in total. The van der Waals surface area contributed by atoms with Crippen molar-refractivity contribution in [2.75, 3.05) is 26.7 Å². The van der Waals surface area contributed by atoms with Crippen LogP contribution >= 0.6 is 0 Å². The molecule has 0 unspecified atom stereocenters. The molecule has 6 heteroatoms. The maximum atomic E-state index is 13.2. The molecule has 1 atom stereocenters. The van der Waals surface area contributed by atoms with E-state index < -0.39 is 6.04 Å². The molecule has 6 nitrogen and oxygen atoms in total. The van der Waals surface area contributed by atoms with Crippen LogP contribution in [0.15, 0.2) is 73.1 Å². The number of aromatic nitrogens is 1. The van der Waals surface area contributed by atoms with E-state index in [-0.39, 0.29) is 18.2 Å². The van der Waals surface area contributed by atoms with Crippen LogP contribution in [0.25, 0.3) is 11.1 Å². The van der Waals surface area contributed by atoms with E-state index in [0.29, 0.717) is 26.1 Å². The molecular formula is C27H29N3O3. The van der Waals surface area contributed by atoms with Crippen molar-refractivity contribution in [2.45, 2.75) is 25.8 Å². The number of piperazine rings is 1. The van der Waals surface area contributed by atoms with Gasteiger partial charge in [0, 0.05) is 39.0 Å². The fourth-order valence-corrected chi connectivity index (χ4v) is 4.20. The highest BCUT2D eigenvalue weighted by molar-refractivity contribution is 5.89. The van der Waals surface area contributed by atoms with E-state index in [1.807, 2.05) is 61.5 Å². The van der Waals surface area contributed by atoms with Gasteiger partial charge in [0.25, 0.3) is 0 Å². The Labute approximate surface area is 194 Å². The summed E-state index contributed by atoms with van der Waals surface area (Å²) in [5, 5.41) is 0. The first kappa shape index (κ1) is 22.5. The zero-order valence-electron chi connectivity index (χ0n) is 19.1. The minimum Gasteiger partial charge on any atom is -0.494 e. The molecule has 1 saturated heterocycles. The predicted octanol–water partition coefficient (Wildman–Crippen LogP) is 3.60. The van der Waals surface area contributed by atoms with E-state index in [4.69, 9.17) is 4.74 Å². The lowest BCUT2D eigenvalue weighted by atomic mass is 9.97. The summed E-state index contributed by atoms with van der Waals surface area (Å²) in [4.78, 5) is 33.9. The molecule has 0 spiro atoms. The Morgan fingerprint density at radius 2 is 1.76 bits per heavy atom. The Hall–Kier alpha value is -3.67. The number of likely N-dealkylation sites (N-methyl/N-ethyl adjacent to an activating group) is 1. The summed E-state index contributed by atoms with van der Waals surface area (Å²) in [6.07, 6.45) is 4.28. The molecule has 1 aliphatic heterocycles. The van der Waals surface area contributed by atoms with Crippen molar-refractivity contribution in [3.63, 3.8) is 0 Å². The highest BCUT2D eigenvalue weighted by Gasteiger charge is 2.35. The van der Waals surface area contributed by atoms with E-state index >= 15 is 0 Å². The van der Waals surface area contributed by atoms with Crippen LogP contribution in [-0.4, -0.2) is 59.4 Å². The third-order valence-corrected chi connectivity index (χ3v) is 5.99. The van der Waals surface area contributed by atoms with Gasteiger partial charge < -0.3 is 14.5 Å². The van der Waals surface area contributed by atoms with Crippen LogP contribution in [0.3, 0.4) is 0 Å². The Balaban J connectivity index is 1.52. The van der Waals surface area contributed by atoms with Crippen molar-refractivity contribution >= 4 is 11.8 Å². The van der Waals surface area contributed by atoms with Gasteiger partial charge in [-0.25, -0.2) is 0 Å². The van der Waals surface area contributed by atoms with Crippen molar-refractivity contribution in [1.29, 1.82) is 0 Å². The zero-order valence-corrected chi connectivity index (χ0v) is 19.1. The first-order valence-corrected chi connectivity index (χ1v) is 11.3. The molecule has 3 aromatic rings. The summed E-state index contributed by atoms with van der Waals surface area (Å²) >= 11 is 0. The number of pyridine rings is 1. The topological polar surface area (TPSA) is 62.7 Å². The van der Waals surface area contributed by atoms with Gasteiger partial charge in [-0.15, -0.1) is 0 Å². The second-order valence-electron chi connectivity index (χ2n) is 8.26. The fraction of sp³-hybridized carbons (Fsp3) is 0.296. The summed E-state index contributed by atoms with van der Waals surface area (Å²) in [6, 6.07) is 19.1. The molecule has 1 aliphatic rings. The summed E-state index contributed by atoms with van der Waals surface area (Å²) in [7, 11) is 1.80. The molecule has 170 valence electrons. The van der Waals surface area contributed by atoms with Gasteiger partial charge in [-0.2, -0.15) is 0 Å². The Kier molecular flexibility index (Phi) is 7.03. The molecule has 1 aromatic heterocycles. The maximum absolute atomic E-state index is 13.2. The first-order chi connectivity index (χ1) is 16.0. The Bertz CT molecular complexity index is 1100. The molecule has 2 heterocycles. The molecule has 2 aromatic carbocycles. The van der Waals surface area contributed by atoms with Crippen molar-refractivity contribution < 1.29 is 14.3 Å². The van der Waals surface area contributed by atoms with Crippen LogP contribution < -0.4 is 4.74 Å². The van der Waals surface area contributed by atoms with Crippen molar-refractivity contribution in [3.8, 4) is 16.9 Å². The average molecular weight is 444 g/mol. The van der Waals surface area contributed by atoms with Gasteiger partial charge >= 0.3 is 0 Å². The van der Waals surface area contributed by atoms with Gasteiger partial charge in [-0.1, -0.05) is 36.4 Å². The number of amides is 2. The number of carbonyl (C=O) groups excluding carboxylic acids is 2. The zero-order chi connectivity index (χ0) is 23.2. The molecule has 0 radical (unpaired) electrons. The number of rotatable bonds is 7. The summed E-state index contributed by atoms with van der Waals surface area (Å²) in [5.74, 6) is 0.738. The number of hydrogen-bond acceptors (Lipinski definition) is 4. The van der Waals surface area contributed by atoms with Crippen LogP contribution in [0, 0.1) is 0 Å². The highest BCUT2D eigenvalue weighted by Crippen LogP contribution is 2.23. The number of ether oxygens (including phenoxy) is 1. The monoisotopic (exact) mass is 443 g/mol. The van der Waals surface area contributed by atoms with E-state index in [0.717, 1.165) is 28.0 Å². The second kappa shape index (κ2) is 10.3. The molecule has 2 amide bonds. The summed E-state index contributed by atoms with van der Waals surface area (Å²) < 4.78 is 5.48. The van der Waals surface area contributed by atoms with Crippen LogP contribution in [0.2, 0.25) is 0 Å². The Morgan fingerprint density at radius 1 is 1.00 bits per heavy atom. The first-order valence-electron chi connectivity index (χ1n) is 11.3. The maximum Gasteiger partial charge on any atom is 0.245 e. The van der Waals surface area contributed by atoms with E-state index in [1.165, 1.54) is 0 Å². The van der Waals surface area contributed by atoms with Crippen LogP contribution in [-0.2, 0) is 22.4 Å². The Morgan fingerprint density at radius 3 is 2.48 bits per heavy atom.